The fourth-order valence-electron chi connectivity index (χ4n) is 2.45. The number of nitrogens with two attached hydrogens (primary N) is 1. The standard InChI is InChI=1S/C15H20N8O/c1-22-6-8-23(9-7-22)14-12(16)13(18-10-19-14)20-21-15(24)11-2-4-17-5-3-11/h2-5,10H,6-9,16H2,1H3,(H,21,24)(H,18,19,20). The zero-order chi connectivity index (χ0) is 16.9. The summed E-state index contributed by atoms with van der Waals surface area (Å²) in [5, 5.41) is 0. The normalized spacial score (nSPS) is 15.1. The smallest absolute Gasteiger partial charge is 0.269 e. The van der Waals surface area contributed by atoms with Crippen LogP contribution in [0.25, 0.3) is 0 Å². The molecule has 0 radical (unpaired) electrons. The van der Waals surface area contributed by atoms with E-state index < -0.39 is 0 Å². The maximum atomic E-state index is 12.1. The fourth-order valence-corrected chi connectivity index (χ4v) is 2.45. The number of carbonyl (C=O) groups excluding carboxylic acids is 1. The number of likely N-dealkylation sites (N-methyl/N-ethyl adjacent to an activating group) is 1. The number of nitrogens with one attached hydrogen (secondary N) is 2. The van der Waals surface area contributed by atoms with E-state index in [1.807, 2.05) is 0 Å². The van der Waals surface area contributed by atoms with Crippen molar-refractivity contribution in [1.29, 1.82) is 0 Å². The molecule has 1 fully saturated rings. The molecular formula is C15H20N8O. The first kappa shape index (κ1) is 15.9. The van der Waals surface area contributed by atoms with Crippen molar-refractivity contribution in [3.8, 4) is 0 Å². The van der Waals surface area contributed by atoms with Gasteiger partial charge in [0.05, 0.1) is 0 Å². The molecule has 1 aliphatic heterocycles. The molecule has 24 heavy (non-hydrogen) atoms. The predicted molar refractivity (Wildman–Crippen MR) is 91.5 cm³/mol. The number of pyridine rings is 1. The summed E-state index contributed by atoms with van der Waals surface area (Å²) in [6.07, 6.45) is 4.55. The topological polar surface area (TPSA) is 112 Å². The third-order valence-electron chi connectivity index (χ3n) is 3.90. The molecule has 9 nitrogen and oxygen atoms in total. The highest BCUT2D eigenvalue weighted by Gasteiger charge is 2.19. The minimum atomic E-state index is -0.295. The van der Waals surface area contributed by atoms with E-state index in [1.165, 1.54) is 6.33 Å². The first-order chi connectivity index (χ1) is 11.6. The lowest BCUT2D eigenvalue weighted by Crippen LogP contribution is -2.45. The number of carbonyl (C=O) groups is 1. The van der Waals surface area contributed by atoms with Gasteiger partial charge in [0.25, 0.3) is 5.91 Å². The van der Waals surface area contributed by atoms with Crippen LogP contribution in [0.2, 0.25) is 0 Å². The monoisotopic (exact) mass is 328 g/mol. The average Bonchev–Trinajstić information content (AvgIpc) is 2.62. The molecular weight excluding hydrogens is 308 g/mol. The molecule has 0 bridgehead atoms. The molecule has 0 atom stereocenters. The van der Waals surface area contributed by atoms with E-state index in [0.29, 0.717) is 22.9 Å². The number of amides is 1. The summed E-state index contributed by atoms with van der Waals surface area (Å²) in [6, 6.07) is 3.24. The molecule has 0 unspecified atom stereocenters. The predicted octanol–water partition coefficient (Wildman–Crippen LogP) is -0.0375. The van der Waals surface area contributed by atoms with Gasteiger partial charge in [0.2, 0.25) is 0 Å². The van der Waals surface area contributed by atoms with E-state index >= 15 is 0 Å². The Labute approximate surface area is 139 Å². The zero-order valence-corrected chi connectivity index (χ0v) is 13.4. The third-order valence-corrected chi connectivity index (χ3v) is 3.90. The number of nitrogen functional groups attached to an aromatic ring is 1. The second kappa shape index (κ2) is 7.09. The number of nitrogens with zero attached hydrogens (tertiary/aromatic N) is 5. The van der Waals surface area contributed by atoms with Gasteiger partial charge in [-0.25, -0.2) is 9.97 Å². The SMILES string of the molecule is CN1CCN(c2ncnc(NNC(=O)c3ccncc3)c2N)CC1. The molecule has 1 aliphatic rings. The third kappa shape index (κ3) is 3.51. The zero-order valence-electron chi connectivity index (χ0n) is 13.4. The van der Waals surface area contributed by atoms with Crippen LogP contribution < -0.4 is 21.5 Å². The van der Waals surface area contributed by atoms with Crippen molar-refractivity contribution in [2.24, 2.45) is 0 Å². The molecule has 126 valence electrons. The van der Waals surface area contributed by atoms with E-state index in [9.17, 15) is 4.79 Å². The van der Waals surface area contributed by atoms with Crippen LogP contribution >= 0.6 is 0 Å². The van der Waals surface area contributed by atoms with Crippen LogP contribution in [0.15, 0.2) is 30.9 Å². The van der Waals surface area contributed by atoms with Gasteiger partial charge in [0.1, 0.15) is 12.0 Å². The Hall–Kier alpha value is -2.94. The van der Waals surface area contributed by atoms with Gasteiger partial charge in [-0.1, -0.05) is 0 Å². The molecule has 1 saturated heterocycles. The summed E-state index contributed by atoms with van der Waals surface area (Å²) in [5.41, 5.74) is 12.4. The fraction of sp³-hybridized carbons (Fsp3) is 0.333. The van der Waals surface area contributed by atoms with Crippen LogP contribution in [0.3, 0.4) is 0 Å². The van der Waals surface area contributed by atoms with Crippen LogP contribution in [-0.2, 0) is 0 Å². The molecule has 1 amide bonds. The summed E-state index contributed by atoms with van der Waals surface area (Å²) in [7, 11) is 2.09. The number of piperazine rings is 1. The molecule has 9 heteroatoms. The lowest BCUT2D eigenvalue weighted by molar-refractivity contribution is 0.0962. The Morgan fingerprint density at radius 2 is 1.88 bits per heavy atom. The quantitative estimate of drug-likeness (QED) is 0.670. The van der Waals surface area contributed by atoms with Crippen molar-refractivity contribution >= 4 is 23.2 Å². The summed E-state index contributed by atoms with van der Waals surface area (Å²) in [4.78, 5) is 28.7. The van der Waals surface area contributed by atoms with Gasteiger partial charge in [-0.2, -0.15) is 0 Å². The van der Waals surface area contributed by atoms with Gasteiger partial charge < -0.3 is 15.5 Å². The van der Waals surface area contributed by atoms with Crippen molar-refractivity contribution in [2.75, 3.05) is 49.3 Å². The summed E-state index contributed by atoms with van der Waals surface area (Å²) >= 11 is 0. The Kier molecular flexibility index (Phi) is 4.71. The summed E-state index contributed by atoms with van der Waals surface area (Å²) < 4.78 is 0. The van der Waals surface area contributed by atoms with E-state index in [2.05, 4.69) is 42.7 Å². The highest BCUT2D eigenvalue weighted by molar-refractivity contribution is 5.95. The Bertz CT molecular complexity index is 700. The maximum absolute atomic E-state index is 12.1. The summed E-state index contributed by atoms with van der Waals surface area (Å²) in [6.45, 7) is 3.59. The maximum Gasteiger partial charge on any atom is 0.269 e. The highest BCUT2D eigenvalue weighted by atomic mass is 16.2. The number of hydrazine groups is 1. The van der Waals surface area contributed by atoms with Crippen molar-refractivity contribution < 1.29 is 4.79 Å². The van der Waals surface area contributed by atoms with Gasteiger partial charge in [0.15, 0.2) is 11.6 Å². The number of hydrogen-bond acceptors (Lipinski definition) is 8. The largest absolute Gasteiger partial charge is 0.393 e. The molecule has 3 heterocycles. The van der Waals surface area contributed by atoms with Crippen molar-refractivity contribution in [3.63, 3.8) is 0 Å². The number of hydrogen-bond donors (Lipinski definition) is 3. The Morgan fingerprint density at radius 1 is 1.17 bits per heavy atom. The first-order valence-electron chi connectivity index (χ1n) is 7.65. The van der Waals surface area contributed by atoms with Crippen LogP contribution in [0, 0.1) is 0 Å². The molecule has 2 aromatic heterocycles. The Balaban J connectivity index is 1.68. The van der Waals surface area contributed by atoms with Crippen molar-refractivity contribution in [2.45, 2.75) is 0 Å². The lowest BCUT2D eigenvalue weighted by Gasteiger charge is -2.33. The van der Waals surface area contributed by atoms with E-state index in [-0.39, 0.29) is 5.91 Å². The van der Waals surface area contributed by atoms with Gasteiger partial charge in [-0.15, -0.1) is 0 Å². The van der Waals surface area contributed by atoms with Crippen LogP contribution in [0.5, 0.6) is 0 Å². The molecule has 2 aromatic rings. The van der Waals surface area contributed by atoms with E-state index in [4.69, 9.17) is 5.73 Å². The first-order valence-corrected chi connectivity index (χ1v) is 7.65. The van der Waals surface area contributed by atoms with Crippen LogP contribution in [-0.4, -0.2) is 59.0 Å². The van der Waals surface area contributed by atoms with E-state index in [1.54, 1.807) is 24.5 Å². The van der Waals surface area contributed by atoms with Crippen LogP contribution in [0.4, 0.5) is 17.3 Å². The minimum absolute atomic E-state index is 0.295. The average molecular weight is 328 g/mol. The molecule has 3 rings (SSSR count). The van der Waals surface area contributed by atoms with Crippen molar-refractivity contribution in [3.05, 3.63) is 36.4 Å². The molecule has 0 saturated carbocycles. The number of aromatic nitrogens is 3. The second-order valence-electron chi connectivity index (χ2n) is 5.56. The Morgan fingerprint density at radius 3 is 2.58 bits per heavy atom. The minimum Gasteiger partial charge on any atom is -0.393 e. The molecule has 4 N–H and O–H groups in total. The second-order valence-corrected chi connectivity index (χ2v) is 5.56. The van der Waals surface area contributed by atoms with Gasteiger partial charge in [-0.3, -0.25) is 20.6 Å². The highest BCUT2D eigenvalue weighted by Crippen LogP contribution is 2.26. The van der Waals surface area contributed by atoms with Gasteiger partial charge >= 0.3 is 0 Å². The number of rotatable bonds is 4. The lowest BCUT2D eigenvalue weighted by atomic mass is 10.2. The van der Waals surface area contributed by atoms with E-state index in [0.717, 1.165) is 26.2 Å². The molecule has 0 spiro atoms. The summed E-state index contributed by atoms with van der Waals surface area (Å²) in [5.74, 6) is 0.761. The molecule has 0 aliphatic carbocycles. The van der Waals surface area contributed by atoms with Crippen molar-refractivity contribution in [1.82, 2.24) is 25.3 Å². The van der Waals surface area contributed by atoms with Crippen LogP contribution in [0.1, 0.15) is 10.4 Å². The van der Waals surface area contributed by atoms with Gasteiger partial charge in [-0.05, 0) is 19.2 Å². The van der Waals surface area contributed by atoms with Gasteiger partial charge in [0, 0.05) is 44.1 Å². The molecule has 0 aromatic carbocycles. The number of anilines is 3.